The van der Waals surface area contributed by atoms with Crippen molar-refractivity contribution in [2.24, 2.45) is 5.92 Å². The number of nitrogens with zero attached hydrogens (tertiary/aromatic N) is 3. The zero-order chi connectivity index (χ0) is 23.5. The first-order valence-corrected chi connectivity index (χ1v) is 10.7. The maximum Gasteiger partial charge on any atom is 0.254 e. The van der Waals surface area contributed by atoms with E-state index < -0.39 is 17.8 Å². The van der Waals surface area contributed by atoms with Crippen LogP contribution in [0, 0.1) is 23.1 Å². The number of pyridine rings is 1. The van der Waals surface area contributed by atoms with Crippen LogP contribution in [0.15, 0.2) is 67.0 Å². The van der Waals surface area contributed by atoms with Crippen molar-refractivity contribution < 1.29 is 14.0 Å². The second-order valence-electron chi connectivity index (χ2n) is 8.44. The normalized spacial score (nSPS) is 17.4. The number of fused-ring (bicyclic) bond motifs is 1. The Balaban J connectivity index is 1.83. The SMILES string of the molecule is CC(C)CN1C(=O)c2ccccc2[C@H](C(=O)Nc2ccc(F)c(C#N)c2)[C@H]1c1cccnc1. The highest BCUT2D eigenvalue weighted by molar-refractivity contribution is 6.04. The number of anilines is 1. The number of nitrogens with one attached hydrogen (secondary N) is 1. The van der Waals surface area contributed by atoms with Crippen LogP contribution < -0.4 is 5.32 Å². The number of amides is 2. The van der Waals surface area contributed by atoms with Crippen molar-refractivity contribution in [2.75, 3.05) is 11.9 Å². The number of carbonyl (C=O) groups is 2. The van der Waals surface area contributed by atoms with E-state index in [1.807, 2.05) is 19.9 Å². The fraction of sp³-hybridized carbons (Fsp3) is 0.231. The van der Waals surface area contributed by atoms with E-state index in [9.17, 15) is 14.0 Å². The maximum absolute atomic E-state index is 13.8. The molecule has 0 aliphatic carbocycles. The van der Waals surface area contributed by atoms with Crippen molar-refractivity contribution in [2.45, 2.75) is 25.8 Å². The van der Waals surface area contributed by atoms with Gasteiger partial charge in [0, 0.05) is 30.2 Å². The summed E-state index contributed by atoms with van der Waals surface area (Å²) in [5, 5.41) is 12.0. The molecule has 0 fully saturated rings. The third-order valence-electron chi connectivity index (χ3n) is 5.66. The Labute approximate surface area is 191 Å². The predicted octanol–water partition coefficient (Wildman–Crippen LogP) is 4.67. The Bertz CT molecular complexity index is 1240. The molecule has 3 aromatic rings. The number of nitriles is 1. The molecule has 0 spiro atoms. The van der Waals surface area contributed by atoms with Crippen LogP contribution in [0.5, 0.6) is 0 Å². The summed E-state index contributed by atoms with van der Waals surface area (Å²) in [6, 6.07) is 15.8. The van der Waals surface area contributed by atoms with Crippen LogP contribution in [0.4, 0.5) is 10.1 Å². The Morgan fingerprint density at radius 3 is 2.70 bits per heavy atom. The lowest BCUT2D eigenvalue weighted by molar-refractivity contribution is -0.119. The molecular weight excluding hydrogens is 419 g/mol. The van der Waals surface area contributed by atoms with E-state index in [-0.39, 0.29) is 23.3 Å². The van der Waals surface area contributed by atoms with Crippen molar-refractivity contribution in [1.82, 2.24) is 9.88 Å². The number of aromatic nitrogens is 1. The van der Waals surface area contributed by atoms with Gasteiger partial charge in [-0.2, -0.15) is 5.26 Å². The number of benzene rings is 2. The van der Waals surface area contributed by atoms with Crippen LogP contribution in [-0.4, -0.2) is 28.2 Å². The highest BCUT2D eigenvalue weighted by Crippen LogP contribution is 2.43. The lowest BCUT2D eigenvalue weighted by atomic mass is 9.79. The fourth-order valence-electron chi connectivity index (χ4n) is 4.30. The summed E-state index contributed by atoms with van der Waals surface area (Å²) >= 11 is 0. The summed E-state index contributed by atoms with van der Waals surface area (Å²) in [7, 11) is 0. The Hall–Kier alpha value is -4.05. The number of carbonyl (C=O) groups excluding carboxylic acids is 2. The average Bonchev–Trinajstić information content (AvgIpc) is 2.82. The molecule has 1 aromatic heterocycles. The monoisotopic (exact) mass is 442 g/mol. The summed E-state index contributed by atoms with van der Waals surface area (Å²) in [5.41, 5.74) is 2.01. The summed E-state index contributed by atoms with van der Waals surface area (Å²) in [6.45, 7) is 4.50. The van der Waals surface area contributed by atoms with Crippen LogP contribution >= 0.6 is 0 Å². The highest BCUT2D eigenvalue weighted by atomic mass is 19.1. The van der Waals surface area contributed by atoms with Gasteiger partial charge >= 0.3 is 0 Å². The molecule has 7 heteroatoms. The molecule has 0 unspecified atom stereocenters. The highest BCUT2D eigenvalue weighted by Gasteiger charge is 2.44. The summed E-state index contributed by atoms with van der Waals surface area (Å²) in [5.74, 6) is -1.69. The molecule has 0 radical (unpaired) electrons. The van der Waals surface area contributed by atoms with Gasteiger partial charge in [0.15, 0.2) is 0 Å². The number of rotatable bonds is 5. The molecule has 166 valence electrons. The fourth-order valence-corrected chi connectivity index (χ4v) is 4.30. The lowest BCUT2D eigenvalue weighted by Gasteiger charge is -2.42. The maximum atomic E-state index is 13.8. The van der Waals surface area contributed by atoms with Crippen molar-refractivity contribution in [3.05, 3.63) is 95.1 Å². The van der Waals surface area contributed by atoms with Crippen LogP contribution in [0.3, 0.4) is 0 Å². The van der Waals surface area contributed by atoms with Crippen molar-refractivity contribution in [3.8, 4) is 6.07 Å². The molecule has 0 saturated heterocycles. The third kappa shape index (κ3) is 4.33. The van der Waals surface area contributed by atoms with Gasteiger partial charge in [0.1, 0.15) is 11.9 Å². The molecule has 1 N–H and O–H groups in total. The van der Waals surface area contributed by atoms with E-state index >= 15 is 0 Å². The van der Waals surface area contributed by atoms with Gasteiger partial charge in [-0.15, -0.1) is 0 Å². The van der Waals surface area contributed by atoms with Gasteiger partial charge in [-0.05, 0) is 47.4 Å². The molecule has 2 amide bonds. The van der Waals surface area contributed by atoms with E-state index in [0.717, 1.165) is 11.6 Å². The molecule has 2 heterocycles. The van der Waals surface area contributed by atoms with Gasteiger partial charge in [-0.1, -0.05) is 38.1 Å². The number of halogens is 1. The molecule has 1 aliphatic heterocycles. The third-order valence-corrected chi connectivity index (χ3v) is 5.66. The Morgan fingerprint density at radius 2 is 2.00 bits per heavy atom. The summed E-state index contributed by atoms with van der Waals surface area (Å²) < 4.78 is 13.8. The Morgan fingerprint density at radius 1 is 1.21 bits per heavy atom. The smallest absolute Gasteiger partial charge is 0.254 e. The second kappa shape index (κ2) is 9.21. The van der Waals surface area contributed by atoms with Crippen molar-refractivity contribution in [3.63, 3.8) is 0 Å². The molecule has 2 aromatic carbocycles. The lowest BCUT2D eigenvalue weighted by Crippen LogP contribution is -2.47. The molecule has 4 rings (SSSR count). The molecule has 0 saturated carbocycles. The largest absolute Gasteiger partial charge is 0.330 e. The molecule has 1 aliphatic rings. The molecule has 0 bridgehead atoms. The quantitative estimate of drug-likeness (QED) is 0.622. The van der Waals surface area contributed by atoms with Crippen LogP contribution in [0.2, 0.25) is 0 Å². The number of hydrogen-bond acceptors (Lipinski definition) is 4. The zero-order valence-electron chi connectivity index (χ0n) is 18.3. The van der Waals surface area contributed by atoms with E-state index in [0.29, 0.717) is 23.4 Å². The topological polar surface area (TPSA) is 86.1 Å². The first-order valence-electron chi connectivity index (χ1n) is 10.7. The minimum absolute atomic E-state index is 0.134. The average molecular weight is 442 g/mol. The predicted molar refractivity (Wildman–Crippen MR) is 122 cm³/mol. The Kier molecular flexibility index (Phi) is 6.18. The van der Waals surface area contributed by atoms with Gasteiger partial charge in [-0.3, -0.25) is 14.6 Å². The molecule has 6 nitrogen and oxygen atoms in total. The van der Waals surface area contributed by atoms with E-state index in [4.69, 9.17) is 5.26 Å². The van der Waals surface area contributed by atoms with Crippen LogP contribution in [-0.2, 0) is 4.79 Å². The zero-order valence-corrected chi connectivity index (χ0v) is 18.3. The number of hydrogen-bond donors (Lipinski definition) is 1. The molecule has 33 heavy (non-hydrogen) atoms. The summed E-state index contributed by atoms with van der Waals surface area (Å²) in [6.07, 6.45) is 3.32. The van der Waals surface area contributed by atoms with Crippen molar-refractivity contribution in [1.29, 1.82) is 5.26 Å². The first-order chi connectivity index (χ1) is 15.9. The van der Waals surface area contributed by atoms with Crippen molar-refractivity contribution >= 4 is 17.5 Å². The standard InChI is InChI=1S/C26H23FN4O2/c1-16(2)15-31-24(17-6-5-11-29-14-17)23(20-7-3-4-8-21(20)26(31)33)25(32)30-19-9-10-22(27)18(12-19)13-28/h3-12,14,16,23-24H,15H2,1-2H3,(H,30,32)/t23-,24+/m0/s1. The van der Waals surface area contributed by atoms with E-state index in [2.05, 4.69) is 10.3 Å². The van der Waals surface area contributed by atoms with Gasteiger partial charge in [-0.25, -0.2) is 4.39 Å². The van der Waals surface area contributed by atoms with Gasteiger partial charge in [0.25, 0.3) is 5.91 Å². The van der Waals surface area contributed by atoms with E-state index in [1.54, 1.807) is 53.7 Å². The first kappa shape index (κ1) is 22.2. The van der Waals surface area contributed by atoms with Crippen LogP contribution in [0.1, 0.15) is 52.9 Å². The van der Waals surface area contributed by atoms with Gasteiger partial charge in [0.05, 0.1) is 17.5 Å². The van der Waals surface area contributed by atoms with Gasteiger partial charge in [0.2, 0.25) is 5.91 Å². The summed E-state index contributed by atoms with van der Waals surface area (Å²) in [4.78, 5) is 33.1. The minimum atomic E-state index is -0.725. The molecule has 2 atom stereocenters. The van der Waals surface area contributed by atoms with Gasteiger partial charge < -0.3 is 10.2 Å². The van der Waals surface area contributed by atoms with Crippen LogP contribution in [0.25, 0.3) is 0 Å². The van der Waals surface area contributed by atoms with E-state index in [1.165, 1.54) is 12.1 Å². The molecular formula is C26H23FN4O2. The minimum Gasteiger partial charge on any atom is -0.330 e. The second-order valence-corrected chi connectivity index (χ2v) is 8.44.